The van der Waals surface area contributed by atoms with Crippen LogP contribution in [0.3, 0.4) is 0 Å². The normalized spacial score (nSPS) is 15.8. The summed E-state index contributed by atoms with van der Waals surface area (Å²) in [5, 5.41) is 43.0. The number of anilines is 1. The average molecular weight is 1340 g/mol. The summed E-state index contributed by atoms with van der Waals surface area (Å²) in [5.74, 6) is -8.24. The number of fused-ring (bicyclic) bond motifs is 1. The number of imidazole rings is 1. The largest absolute Gasteiger partial charge is 0.768 e. The Labute approximate surface area is 530 Å². The number of amides is 5. The van der Waals surface area contributed by atoms with Gasteiger partial charge in [-0.1, -0.05) is 13.0 Å². The first-order valence-corrected chi connectivity index (χ1v) is 32.4. The Balaban J connectivity index is 0.000000519. The maximum absolute atomic E-state index is 13.4. The number of aromatic nitrogens is 3. The van der Waals surface area contributed by atoms with Crippen LogP contribution in [0.25, 0.3) is 10.9 Å². The predicted molar refractivity (Wildman–Crippen MR) is 333 cm³/mol. The summed E-state index contributed by atoms with van der Waals surface area (Å²) < 4.78 is 81.0. The van der Waals surface area contributed by atoms with E-state index in [0.29, 0.717) is 72.9 Å². The van der Waals surface area contributed by atoms with E-state index >= 15 is 0 Å². The highest BCUT2D eigenvalue weighted by Gasteiger charge is 2.33. The van der Waals surface area contributed by atoms with Crippen LogP contribution in [0.1, 0.15) is 46.8 Å². The Kier molecular flexibility index (Phi) is 31.5. The molecule has 0 aliphatic carbocycles. The molecule has 37 heteroatoms. The molecule has 2 aromatic heterocycles. The number of nitrogens with zero attached hydrogens (tertiary/aromatic N) is 6. The van der Waals surface area contributed by atoms with Crippen molar-refractivity contribution in [3.63, 3.8) is 0 Å². The van der Waals surface area contributed by atoms with Crippen molar-refractivity contribution in [2.24, 2.45) is 12.8 Å². The molecule has 1 saturated heterocycles. The minimum Gasteiger partial charge on any atom is -0.768 e. The number of benzene rings is 2. The van der Waals surface area contributed by atoms with Gasteiger partial charge >= 0.3 is 17.9 Å². The Hall–Kier alpha value is -7.53. The van der Waals surface area contributed by atoms with Gasteiger partial charge in [-0.3, -0.25) is 62.1 Å². The average Bonchev–Trinajstić information content (AvgIpc) is 2.45. The molecule has 91 heavy (non-hydrogen) atoms. The van der Waals surface area contributed by atoms with Crippen LogP contribution in [0.5, 0.6) is 5.75 Å². The SMILES string of the molecule is CCN1CCN(CC(=O)O)CCN(CC(=O)O)CCN(CC(=O)NC(CS(O)(O)O)C(=O)NC(CS(=O)O)C(=O)NCCNC(=O)CCCOc2cc(C)c(S(=O)[O-])c(C)c2)CC1.Cn1cc(C(=O)NC[C@H](N)C(=O)O)c(=O)c2ccc(CNc3ncc[nH]3)cc21. The van der Waals surface area contributed by atoms with E-state index in [4.69, 9.17) is 15.6 Å². The van der Waals surface area contributed by atoms with Crippen LogP contribution in [-0.2, 0) is 69.3 Å². The molecule has 5 rings (SSSR count). The molecule has 506 valence electrons. The third-order valence-electron chi connectivity index (χ3n) is 13.9. The van der Waals surface area contributed by atoms with Gasteiger partial charge in [-0.05, 0) is 78.8 Å². The summed E-state index contributed by atoms with van der Waals surface area (Å²) in [5.41, 5.74) is 7.50. The number of aliphatic carboxylic acids is 3. The Morgan fingerprint density at radius 3 is 1.90 bits per heavy atom. The molecule has 0 radical (unpaired) electrons. The number of rotatable bonds is 31. The topological polar surface area (TPSA) is 506 Å². The number of ether oxygens (including phenoxy) is 1. The number of hydrogen-bond donors (Lipinski definition) is 15. The smallest absolute Gasteiger partial charge is 0.322 e. The maximum Gasteiger partial charge on any atom is 0.322 e. The zero-order valence-electron chi connectivity index (χ0n) is 50.6. The van der Waals surface area contributed by atoms with Gasteiger partial charge in [-0.2, -0.15) is 0 Å². The van der Waals surface area contributed by atoms with Crippen molar-refractivity contribution in [1.29, 1.82) is 0 Å². The van der Waals surface area contributed by atoms with Gasteiger partial charge in [-0.25, -0.2) is 9.19 Å². The highest BCUT2D eigenvalue weighted by molar-refractivity contribution is 8.19. The standard InChI is InChI=1S/C36H62N8O16S3.C18H20N6O4/c1-4-41-9-11-42(13-14-44(22-33(49)50)16-15-43(12-10-41)21-32(47)48)20-31(46)39-29(24-63(57,58)59)36(52)40-28(23-61(53)54)35(51)38-8-7-37-30(45)6-5-17-60-27-18-25(2)34(62(55)56)26(3)19-27;1-24-9-12(16(26)22-8-13(19)17(27)28)15(25)11-3-2-10(6-14(11)24)7-23-18-20-4-5-21-18/h18-19,28-29,57-59H,4-17,20-24H2,1-3H3,(H,37,45)(H,38,51)(H,39,46)(H,40,52)(H,47,48)(H,49,50)(H,53,54)(H,55,56);2-6,9,13H,7-8,19H2,1H3,(H,22,26)(H,27,28)(H2,20,21,23)/p-1/t;13-/m.0/s1. The second kappa shape index (κ2) is 37.7. The molecule has 3 heterocycles. The number of carbonyl (C=O) groups excluding carboxylic acids is 5. The molecular weight excluding hydrogens is 1260 g/mol. The Bertz CT molecular complexity index is 3220. The molecule has 0 spiro atoms. The molecule has 5 amide bonds. The molecule has 4 aromatic rings. The van der Waals surface area contributed by atoms with E-state index in [-0.39, 0.29) is 95.5 Å². The van der Waals surface area contributed by atoms with Gasteiger partial charge in [0.2, 0.25) is 29.1 Å². The Morgan fingerprint density at radius 1 is 0.791 bits per heavy atom. The number of nitrogens with one attached hydrogen (secondary N) is 7. The molecule has 0 bridgehead atoms. The van der Waals surface area contributed by atoms with Crippen LogP contribution >= 0.6 is 10.9 Å². The number of likely N-dealkylation sites (N-methyl/N-ethyl adjacent to an activating group) is 1. The summed E-state index contributed by atoms with van der Waals surface area (Å²) in [6.45, 7) is 7.33. The molecule has 5 atom stereocenters. The summed E-state index contributed by atoms with van der Waals surface area (Å²) in [6, 6.07) is 3.69. The maximum atomic E-state index is 13.4. The van der Waals surface area contributed by atoms with Crippen molar-refractivity contribution in [3.8, 4) is 5.75 Å². The lowest BCUT2D eigenvalue weighted by Crippen LogP contribution is -2.58. The fraction of sp³-hybridized carbons (Fsp3) is 0.519. The van der Waals surface area contributed by atoms with E-state index in [1.54, 1.807) is 76.8 Å². The van der Waals surface area contributed by atoms with Gasteiger partial charge in [-0.15, -0.1) is 0 Å². The molecule has 2 aromatic carbocycles. The molecular formula is C54H81N14O20S3-. The number of pyridine rings is 1. The lowest BCUT2D eigenvalue weighted by atomic mass is 10.1. The van der Waals surface area contributed by atoms with Gasteiger partial charge in [0, 0.05) is 121 Å². The van der Waals surface area contributed by atoms with Gasteiger partial charge < -0.3 is 94.9 Å². The van der Waals surface area contributed by atoms with Crippen molar-refractivity contribution in [1.82, 2.24) is 60.7 Å². The van der Waals surface area contributed by atoms with Crippen molar-refractivity contribution < 1.29 is 89.6 Å². The third-order valence-corrected chi connectivity index (χ3v) is 16.2. The second-order valence-electron chi connectivity index (χ2n) is 21.0. The number of nitrogens with two attached hydrogens (primary N) is 1. The third kappa shape index (κ3) is 27.5. The minimum atomic E-state index is -4.43. The molecule has 0 saturated carbocycles. The monoisotopic (exact) mass is 1340 g/mol. The van der Waals surface area contributed by atoms with E-state index in [1.807, 2.05) is 17.9 Å². The van der Waals surface area contributed by atoms with Crippen LogP contribution in [-0.4, -0.2) is 262 Å². The van der Waals surface area contributed by atoms with E-state index in [0.717, 1.165) is 5.56 Å². The summed E-state index contributed by atoms with van der Waals surface area (Å²) in [6.07, 6.45) is 5.12. The van der Waals surface area contributed by atoms with Crippen molar-refractivity contribution in [2.75, 3.05) is 122 Å². The van der Waals surface area contributed by atoms with E-state index in [9.17, 15) is 84.5 Å². The number of carboxylic acid groups (broad SMARTS) is 3. The molecule has 1 aliphatic heterocycles. The number of carbonyl (C=O) groups is 8. The van der Waals surface area contributed by atoms with Crippen LogP contribution in [0, 0.1) is 13.8 Å². The first kappa shape index (κ1) is 75.9. The zero-order chi connectivity index (χ0) is 67.5. The lowest BCUT2D eigenvalue weighted by molar-refractivity contribution is -0.140. The number of hydrogen-bond acceptors (Lipinski definition) is 23. The van der Waals surface area contributed by atoms with E-state index in [1.165, 1.54) is 6.20 Å². The quantitative estimate of drug-likeness (QED) is 0.0187. The van der Waals surface area contributed by atoms with Crippen molar-refractivity contribution in [3.05, 3.63) is 81.4 Å². The van der Waals surface area contributed by atoms with Gasteiger partial charge in [0.15, 0.2) is 17.0 Å². The first-order valence-electron chi connectivity index (χ1n) is 28.4. The number of aryl methyl sites for hydroxylation is 3. The van der Waals surface area contributed by atoms with Crippen LogP contribution in [0.2, 0.25) is 0 Å². The predicted octanol–water partition coefficient (Wildman–Crippen LogP) is -2.23. The van der Waals surface area contributed by atoms with Crippen LogP contribution in [0.15, 0.2) is 58.6 Å². The molecule has 34 nitrogen and oxygen atoms in total. The fourth-order valence-electron chi connectivity index (χ4n) is 9.21. The van der Waals surface area contributed by atoms with Gasteiger partial charge in [0.25, 0.3) is 5.91 Å². The second-order valence-corrected chi connectivity index (χ2v) is 24.5. The number of aromatic amines is 1. The Morgan fingerprint density at radius 2 is 1.37 bits per heavy atom. The summed E-state index contributed by atoms with van der Waals surface area (Å²) >= 11 is -5.03. The highest BCUT2D eigenvalue weighted by atomic mass is 32.3. The van der Waals surface area contributed by atoms with Crippen LogP contribution in [0.4, 0.5) is 5.95 Å². The van der Waals surface area contributed by atoms with E-state index in [2.05, 4.69) is 41.9 Å². The number of H-pyrrole nitrogens is 1. The van der Waals surface area contributed by atoms with Gasteiger partial charge in [0.1, 0.15) is 29.4 Å². The van der Waals surface area contributed by atoms with Crippen molar-refractivity contribution >= 4 is 97.3 Å². The van der Waals surface area contributed by atoms with Crippen molar-refractivity contribution in [2.45, 2.75) is 63.2 Å². The van der Waals surface area contributed by atoms with E-state index < -0.39 is 116 Å². The summed E-state index contributed by atoms with van der Waals surface area (Å²) in [7, 11) is -2.70. The van der Waals surface area contributed by atoms with Crippen LogP contribution < -0.4 is 47.8 Å². The fourth-order valence-corrected chi connectivity index (χ4v) is 11.1. The molecule has 1 aliphatic rings. The van der Waals surface area contributed by atoms with Gasteiger partial charge in [0.05, 0.1) is 54.1 Å². The molecule has 16 N–H and O–H groups in total. The zero-order valence-corrected chi connectivity index (χ0v) is 53.1. The minimum absolute atomic E-state index is 0.0427. The first-order chi connectivity index (χ1) is 42.9. The molecule has 4 unspecified atom stereocenters. The lowest BCUT2D eigenvalue weighted by Gasteiger charge is -2.33. The highest BCUT2D eigenvalue weighted by Crippen LogP contribution is 2.33. The number of carboxylic acids is 3. The molecule has 1 fully saturated rings. The summed E-state index contributed by atoms with van der Waals surface area (Å²) in [4.78, 5) is 125.